The molecular formula is C17H19N5O. The number of amides is 1. The molecule has 1 fully saturated rings. The maximum absolute atomic E-state index is 12.6. The fourth-order valence-corrected chi connectivity index (χ4v) is 2.97. The van der Waals surface area contributed by atoms with Crippen LogP contribution >= 0.6 is 0 Å². The lowest BCUT2D eigenvalue weighted by molar-refractivity contribution is 0.0787. The highest BCUT2D eigenvalue weighted by atomic mass is 16.2. The summed E-state index contributed by atoms with van der Waals surface area (Å²) >= 11 is 0. The van der Waals surface area contributed by atoms with E-state index in [4.69, 9.17) is 5.26 Å². The highest BCUT2D eigenvalue weighted by Gasteiger charge is 2.29. The Hall–Kier alpha value is -2.68. The Morgan fingerprint density at radius 3 is 2.74 bits per heavy atom. The number of likely N-dealkylation sites (tertiary alicyclic amines) is 1. The molecule has 1 aromatic heterocycles. The van der Waals surface area contributed by atoms with E-state index >= 15 is 0 Å². The summed E-state index contributed by atoms with van der Waals surface area (Å²) in [4.78, 5) is 14.4. The molecule has 1 aliphatic heterocycles. The topological polar surface area (TPSA) is 74.8 Å². The first-order chi connectivity index (χ1) is 11.1. The number of aromatic nitrogens is 3. The molecule has 0 N–H and O–H groups in total. The van der Waals surface area contributed by atoms with E-state index in [0.29, 0.717) is 23.6 Å². The predicted molar refractivity (Wildman–Crippen MR) is 84.8 cm³/mol. The zero-order valence-electron chi connectivity index (χ0n) is 13.3. The van der Waals surface area contributed by atoms with Crippen LogP contribution in [0.2, 0.25) is 0 Å². The van der Waals surface area contributed by atoms with Gasteiger partial charge < -0.3 is 9.47 Å². The van der Waals surface area contributed by atoms with E-state index in [1.807, 2.05) is 4.90 Å². The van der Waals surface area contributed by atoms with Gasteiger partial charge in [0.05, 0.1) is 17.7 Å². The Kier molecular flexibility index (Phi) is 4.11. The molecule has 1 aliphatic rings. The van der Waals surface area contributed by atoms with Gasteiger partial charge in [0.15, 0.2) is 0 Å². The molecule has 6 nitrogen and oxygen atoms in total. The van der Waals surface area contributed by atoms with Crippen molar-refractivity contribution in [2.75, 3.05) is 13.1 Å². The van der Waals surface area contributed by atoms with Crippen LogP contribution < -0.4 is 0 Å². The van der Waals surface area contributed by atoms with Crippen LogP contribution in [0.4, 0.5) is 0 Å². The van der Waals surface area contributed by atoms with E-state index in [1.54, 1.807) is 30.6 Å². The van der Waals surface area contributed by atoms with Crippen LogP contribution in [0.1, 0.15) is 54.0 Å². The maximum atomic E-state index is 12.6. The molecule has 1 atom stereocenters. The van der Waals surface area contributed by atoms with E-state index in [0.717, 1.165) is 18.8 Å². The van der Waals surface area contributed by atoms with Crippen LogP contribution in [-0.2, 0) is 0 Å². The summed E-state index contributed by atoms with van der Waals surface area (Å²) in [5.41, 5.74) is 1.18. The Morgan fingerprint density at radius 2 is 2.09 bits per heavy atom. The predicted octanol–water partition coefficient (Wildman–Crippen LogP) is 2.36. The lowest BCUT2D eigenvalue weighted by atomic mass is 10.1. The average Bonchev–Trinajstić information content (AvgIpc) is 3.22. The molecule has 0 spiro atoms. The second-order valence-electron chi connectivity index (χ2n) is 6.13. The largest absolute Gasteiger partial charge is 0.336 e. The smallest absolute Gasteiger partial charge is 0.253 e. The molecule has 1 saturated heterocycles. The second kappa shape index (κ2) is 6.21. The molecule has 2 heterocycles. The fraction of sp³-hybridized carbons (Fsp3) is 0.412. The van der Waals surface area contributed by atoms with Crippen LogP contribution in [0.3, 0.4) is 0 Å². The molecule has 0 aliphatic carbocycles. The number of rotatable bonds is 3. The molecule has 118 valence electrons. The van der Waals surface area contributed by atoms with Crippen molar-refractivity contribution in [1.82, 2.24) is 19.7 Å². The van der Waals surface area contributed by atoms with Gasteiger partial charge >= 0.3 is 0 Å². The van der Waals surface area contributed by atoms with Crippen molar-refractivity contribution >= 4 is 5.91 Å². The van der Waals surface area contributed by atoms with Crippen LogP contribution in [0.5, 0.6) is 0 Å². The molecule has 1 amide bonds. The van der Waals surface area contributed by atoms with Crippen molar-refractivity contribution in [3.05, 3.63) is 47.5 Å². The average molecular weight is 309 g/mol. The summed E-state index contributed by atoms with van der Waals surface area (Å²) in [6.45, 7) is 5.57. The van der Waals surface area contributed by atoms with Gasteiger partial charge in [-0.2, -0.15) is 5.26 Å². The number of hydrogen-bond donors (Lipinski definition) is 0. The van der Waals surface area contributed by atoms with Crippen LogP contribution in [0.15, 0.2) is 30.6 Å². The van der Waals surface area contributed by atoms with Gasteiger partial charge in [0.25, 0.3) is 5.91 Å². The molecule has 0 saturated carbocycles. The first-order valence-corrected chi connectivity index (χ1v) is 7.79. The molecule has 23 heavy (non-hydrogen) atoms. The summed E-state index contributed by atoms with van der Waals surface area (Å²) < 4.78 is 2.09. The Morgan fingerprint density at radius 1 is 1.35 bits per heavy atom. The minimum Gasteiger partial charge on any atom is -0.336 e. The minimum absolute atomic E-state index is 0.0103. The van der Waals surface area contributed by atoms with Crippen molar-refractivity contribution in [3.8, 4) is 6.07 Å². The highest BCUT2D eigenvalue weighted by Crippen LogP contribution is 2.26. The molecule has 6 heteroatoms. The van der Waals surface area contributed by atoms with Crippen molar-refractivity contribution in [2.45, 2.75) is 32.2 Å². The summed E-state index contributed by atoms with van der Waals surface area (Å²) in [7, 11) is 0. The van der Waals surface area contributed by atoms with Crippen molar-refractivity contribution in [2.24, 2.45) is 0 Å². The maximum Gasteiger partial charge on any atom is 0.253 e. The van der Waals surface area contributed by atoms with Crippen LogP contribution in [0.25, 0.3) is 0 Å². The standard InChI is InChI=1S/C17H19N5O/c1-12(2)16-20-19-11-22(16)15-7-8-21(10-15)17(23)14-5-3-13(9-18)4-6-14/h3-6,11-12,15H,7-8,10H2,1-2H3. The number of carbonyl (C=O) groups is 1. The number of nitrogens with zero attached hydrogens (tertiary/aromatic N) is 5. The van der Waals surface area contributed by atoms with E-state index in [1.165, 1.54) is 0 Å². The summed E-state index contributed by atoms with van der Waals surface area (Å²) in [6.07, 6.45) is 2.66. The van der Waals surface area contributed by atoms with Crippen LogP contribution in [-0.4, -0.2) is 38.7 Å². The molecule has 0 radical (unpaired) electrons. The Labute approximate surface area is 135 Å². The van der Waals surface area contributed by atoms with Gasteiger partial charge in [0.2, 0.25) is 0 Å². The molecule has 0 bridgehead atoms. The normalized spacial score (nSPS) is 17.5. The van der Waals surface area contributed by atoms with Gasteiger partial charge in [-0.1, -0.05) is 13.8 Å². The van der Waals surface area contributed by atoms with E-state index < -0.39 is 0 Å². The number of benzene rings is 1. The third kappa shape index (κ3) is 2.95. The van der Waals surface area contributed by atoms with Crippen LogP contribution in [0, 0.1) is 11.3 Å². The molecular weight excluding hydrogens is 290 g/mol. The highest BCUT2D eigenvalue weighted by molar-refractivity contribution is 5.94. The Bertz CT molecular complexity index is 741. The summed E-state index contributed by atoms with van der Waals surface area (Å²) in [5, 5.41) is 17.0. The zero-order chi connectivity index (χ0) is 16.4. The van der Waals surface area contributed by atoms with Crippen molar-refractivity contribution < 1.29 is 4.79 Å². The number of hydrogen-bond acceptors (Lipinski definition) is 4. The molecule has 3 rings (SSSR count). The van der Waals surface area contributed by atoms with Gasteiger partial charge in [-0.25, -0.2) is 0 Å². The summed E-state index contributed by atoms with van der Waals surface area (Å²) in [5.74, 6) is 1.28. The third-order valence-corrected chi connectivity index (χ3v) is 4.22. The third-order valence-electron chi connectivity index (χ3n) is 4.22. The van der Waals surface area contributed by atoms with E-state index in [-0.39, 0.29) is 11.9 Å². The van der Waals surface area contributed by atoms with Gasteiger partial charge in [-0.05, 0) is 30.7 Å². The fourth-order valence-electron chi connectivity index (χ4n) is 2.97. The van der Waals surface area contributed by atoms with Gasteiger partial charge in [-0.15, -0.1) is 10.2 Å². The minimum atomic E-state index is 0.0103. The monoisotopic (exact) mass is 309 g/mol. The molecule has 1 aromatic carbocycles. The van der Waals surface area contributed by atoms with Gasteiger partial charge in [0.1, 0.15) is 12.2 Å². The quantitative estimate of drug-likeness (QED) is 0.872. The summed E-state index contributed by atoms with van der Waals surface area (Å²) in [6, 6.07) is 9.08. The van der Waals surface area contributed by atoms with Crippen molar-refractivity contribution in [1.29, 1.82) is 5.26 Å². The zero-order valence-corrected chi connectivity index (χ0v) is 13.3. The van der Waals surface area contributed by atoms with Gasteiger partial charge in [0, 0.05) is 24.6 Å². The van der Waals surface area contributed by atoms with E-state index in [2.05, 4.69) is 34.7 Å². The molecule has 1 unspecified atom stereocenters. The second-order valence-corrected chi connectivity index (χ2v) is 6.13. The molecule has 2 aromatic rings. The SMILES string of the molecule is CC(C)c1nncn1C1CCN(C(=O)c2ccc(C#N)cc2)C1. The lowest BCUT2D eigenvalue weighted by Gasteiger charge is -2.18. The first-order valence-electron chi connectivity index (χ1n) is 7.79. The Balaban J connectivity index is 1.73. The van der Waals surface area contributed by atoms with Gasteiger partial charge in [-0.3, -0.25) is 4.79 Å². The first kappa shape index (κ1) is 15.2. The number of nitriles is 1. The number of carbonyl (C=O) groups excluding carboxylic acids is 1. The lowest BCUT2D eigenvalue weighted by Crippen LogP contribution is -2.29. The van der Waals surface area contributed by atoms with Crippen molar-refractivity contribution in [3.63, 3.8) is 0 Å². The van der Waals surface area contributed by atoms with E-state index in [9.17, 15) is 4.79 Å².